The van der Waals surface area contributed by atoms with E-state index in [-0.39, 0.29) is 12.3 Å². The predicted octanol–water partition coefficient (Wildman–Crippen LogP) is 0.611. The summed E-state index contributed by atoms with van der Waals surface area (Å²) in [7, 11) is 0. The fourth-order valence-electron chi connectivity index (χ4n) is 1.30. The van der Waals surface area contributed by atoms with E-state index in [4.69, 9.17) is 16.6 Å². The van der Waals surface area contributed by atoms with Gasteiger partial charge in [-0.25, -0.2) is 0 Å². The van der Waals surface area contributed by atoms with Crippen molar-refractivity contribution in [3.8, 4) is 18.1 Å². The second-order valence-corrected chi connectivity index (χ2v) is 3.35. The van der Waals surface area contributed by atoms with Crippen LogP contribution in [0.3, 0.4) is 0 Å². The summed E-state index contributed by atoms with van der Waals surface area (Å²) in [6.45, 7) is 0.217. The van der Waals surface area contributed by atoms with Gasteiger partial charge in [-0.3, -0.25) is 10.1 Å². The maximum atomic E-state index is 10.9. The molecule has 1 aromatic carbocycles. The van der Waals surface area contributed by atoms with E-state index in [9.17, 15) is 4.79 Å². The summed E-state index contributed by atoms with van der Waals surface area (Å²) >= 11 is 0. The molecule has 0 bridgehead atoms. The summed E-state index contributed by atoms with van der Waals surface area (Å²) in [5, 5.41) is 20.8. The Morgan fingerprint density at radius 3 is 2.56 bits per heavy atom. The molecule has 4 heteroatoms. The van der Waals surface area contributed by atoms with Crippen LogP contribution in [0.25, 0.3) is 0 Å². The highest BCUT2D eigenvalue weighted by Gasteiger charge is 2.16. The molecule has 84 valence electrons. The number of carbonyl (C=O) groups is 1. The van der Waals surface area contributed by atoms with Crippen LogP contribution in [0.15, 0.2) is 24.3 Å². The Bertz CT molecular complexity index is 392. The Morgan fingerprint density at radius 2 is 2.06 bits per heavy atom. The first kappa shape index (κ1) is 12.1. The second-order valence-electron chi connectivity index (χ2n) is 3.35. The number of carboxylic acids is 1. The van der Waals surface area contributed by atoms with Crippen LogP contribution in [0, 0.1) is 12.3 Å². The van der Waals surface area contributed by atoms with Gasteiger partial charge in [-0.15, -0.1) is 6.42 Å². The van der Waals surface area contributed by atoms with E-state index in [1.54, 1.807) is 12.1 Å². The zero-order valence-corrected chi connectivity index (χ0v) is 8.68. The average molecular weight is 219 g/mol. The molecule has 1 rings (SSSR count). The minimum Gasteiger partial charge on any atom is -0.508 e. The van der Waals surface area contributed by atoms with Gasteiger partial charge in [0, 0.05) is 0 Å². The van der Waals surface area contributed by atoms with Crippen LogP contribution in [0.2, 0.25) is 0 Å². The second kappa shape index (κ2) is 5.79. The largest absolute Gasteiger partial charge is 0.508 e. The number of rotatable bonds is 5. The molecule has 0 unspecified atom stereocenters. The topological polar surface area (TPSA) is 69.6 Å². The molecule has 0 aliphatic rings. The Labute approximate surface area is 93.9 Å². The number of hydrogen-bond acceptors (Lipinski definition) is 3. The SMILES string of the molecule is C#CCN[C@@H](Cc1ccc(O)cc1)C(=O)O. The molecule has 4 nitrogen and oxygen atoms in total. The van der Waals surface area contributed by atoms with Crippen LogP contribution in [-0.4, -0.2) is 28.8 Å². The number of aromatic hydroxyl groups is 1. The van der Waals surface area contributed by atoms with Crippen molar-refractivity contribution in [3.63, 3.8) is 0 Å². The molecule has 0 saturated heterocycles. The molecule has 0 aromatic heterocycles. The molecule has 16 heavy (non-hydrogen) atoms. The lowest BCUT2D eigenvalue weighted by atomic mass is 10.1. The van der Waals surface area contributed by atoms with E-state index < -0.39 is 12.0 Å². The molecule has 0 spiro atoms. The molecule has 0 aliphatic carbocycles. The van der Waals surface area contributed by atoms with Gasteiger partial charge in [-0.1, -0.05) is 18.1 Å². The molecular formula is C12H13NO3. The van der Waals surface area contributed by atoms with Gasteiger partial charge in [0.05, 0.1) is 6.54 Å². The smallest absolute Gasteiger partial charge is 0.321 e. The monoisotopic (exact) mass is 219 g/mol. The van der Waals surface area contributed by atoms with Gasteiger partial charge in [0.2, 0.25) is 0 Å². The number of benzene rings is 1. The molecule has 0 aliphatic heterocycles. The van der Waals surface area contributed by atoms with Gasteiger partial charge in [0.15, 0.2) is 0 Å². The van der Waals surface area contributed by atoms with Crippen LogP contribution < -0.4 is 5.32 Å². The number of nitrogens with one attached hydrogen (secondary N) is 1. The minimum atomic E-state index is -0.941. The first-order chi connectivity index (χ1) is 7.63. The molecule has 3 N–H and O–H groups in total. The minimum absolute atomic E-state index is 0.159. The summed E-state index contributed by atoms with van der Waals surface area (Å²) in [6, 6.07) is 5.71. The van der Waals surface area contributed by atoms with E-state index >= 15 is 0 Å². The van der Waals surface area contributed by atoms with E-state index in [2.05, 4.69) is 11.2 Å². The quantitative estimate of drug-likeness (QED) is 0.635. The molecule has 0 radical (unpaired) electrons. The Kier molecular flexibility index (Phi) is 4.37. The molecule has 1 aromatic rings. The van der Waals surface area contributed by atoms with Crippen LogP contribution in [0.4, 0.5) is 0 Å². The fraction of sp³-hybridized carbons (Fsp3) is 0.250. The Balaban J connectivity index is 2.64. The highest BCUT2D eigenvalue weighted by molar-refractivity contribution is 5.74. The van der Waals surface area contributed by atoms with Crippen molar-refractivity contribution < 1.29 is 15.0 Å². The summed E-state index contributed by atoms with van der Waals surface area (Å²) in [5.74, 6) is 1.55. The van der Waals surface area contributed by atoms with Crippen molar-refractivity contribution >= 4 is 5.97 Å². The number of aliphatic carboxylic acids is 1. The normalized spacial score (nSPS) is 11.7. The number of hydrogen-bond donors (Lipinski definition) is 3. The maximum Gasteiger partial charge on any atom is 0.321 e. The van der Waals surface area contributed by atoms with Crippen molar-refractivity contribution in [2.75, 3.05) is 6.54 Å². The first-order valence-electron chi connectivity index (χ1n) is 4.81. The summed E-state index contributed by atoms with van der Waals surface area (Å²) < 4.78 is 0. The molecule has 1 atom stereocenters. The third-order valence-corrected chi connectivity index (χ3v) is 2.12. The van der Waals surface area contributed by atoms with Crippen LogP contribution >= 0.6 is 0 Å². The lowest BCUT2D eigenvalue weighted by Crippen LogP contribution is -2.38. The standard InChI is InChI=1S/C12H13NO3/c1-2-7-13-11(12(15)16)8-9-3-5-10(14)6-4-9/h1,3-6,11,13-14H,7-8H2,(H,15,16)/t11-/m0/s1. The third kappa shape index (κ3) is 3.64. The molecule has 0 fully saturated rings. The van der Waals surface area contributed by atoms with Crippen molar-refractivity contribution in [1.82, 2.24) is 5.32 Å². The van der Waals surface area contributed by atoms with Gasteiger partial charge in [0.25, 0.3) is 0 Å². The van der Waals surface area contributed by atoms with E-state index in [1.807, 2.05) is 0 Å². The summed E-state index contributed by atoms with van der Waals surface area (Å²) in [6.07, 6.45) is 5.38. The molecule has 0 heterocycles. The molecule has 0 amide bonds. The van der Waals surface area contributed by atoms with Gasteiger partial charge in [-0.05, 0) is 24.1 Å². The Morgan fingerprint density at radius 1 is 1.44 bits per heavy atom. The highest BCUT2D eigenvalue weighted by Crippen LogP contribution is 2.11. The average Bonchev–Trinajstić information content (AvgIpc) is 2.26. The zero-order chi connectivity index (χ0) is 12.0. The molecular weight excluding hydrogens is 206 g/mol. The lowest BCUT2D eigenvalue weighted by Gasteiger charge is -2.12. The third-order valence-electron chi connectivity index (χ3n) is 2.12. The van der Waals surface area contributed by atoms with Crippen molar-refractivity contribution in [1.29, 1.82) is 0 Å². The Hall–Kier alpha value is -1.99. The van der Waals surface area contributed by atoms with E-state index in [1.165, 1.54) is 12.1 Å². The van der Waals surface area contributed by atoms with Crippen LogP contribution in [-0.2, 0) is 11.2 Å². The van der Waals surface area contributed by atoms with Gasteiger partial charge in [0.1, 0.15) is 11.8 Å². The number of phenols is 1. The zero-order valence-electron chi connectivity index (χ0n) is 8.68. The van der Waals surface area contributed by atoms with Gasteiger partial charge in [-0.2, -0.15) is 0 Å². The van der Waals surface area contributed by atoms with Crippen LogP contribution in [0.1, 0.15) is 5.56 Å². The van der Waals surface area contributed by atoms with Crippen molar-refractivity contribution in [2.45, 2.75) is 12.5 Å². The van der Waals surface area contributed by atoms with E-state index in [0.717, 1.165) is 5.56 Å². The summed E-state index contributed by atoms with van der Waals surface area (Å²) in [5.41, 5.74) is 0.828. The van der Waals surface area contributed by atoms with Gasteiger partial charge < -0.3 is 10.2 Å². The summed E-state index contributed by atoms with van der Waals surface area (Å²) in [4.78, 5) is 10.9. The van der Waals surface area contributed by atoms with E-state index in [0.29, 0.717) is 6.42 Å². The number of phenolic OH excluding ortho intramolecular Hbond substituents is 1. The maximum absolute atomic E-state index is 10.9. The first-order valence-corrected chi connectivity index (χ1v) is 4.81. The van der Waals surface area contributed by atoms with Crippen LogP contribution in [0.5, 0.6) is 5.75 Å². The predicted molar refractivity (Wildman–Crippen MR) is 60.1 cm³/mol. The highest BCUT2D eigenvalue weighted by atomic mass is 16.4. The van der Waals surface area contributed by atoms with Crippen molar-refractivity contribution in [2.24, 2.45) is 0 Å². The molecule has 0 saturated carbocycles. The number of carboxylic acid groups (broad SMARTS) is 1. The fourth-order valence-corrected chi connectivity index (χ4v) is 1.30. The van der Waals surface area contributed by atoms with Crippen molar-refractivity contribution in [3.05, 3.63) is 29.8 Å². The lowest BCUT2D eigenvalue weighted by molar-refractivity contribution is -0.139. The van der Waals surface area contributed by atoms with Gasteiger partial charge >= 0.3 is 5.97 Å². The number of terminal acetylenes is 1.